The van der Waals surface area contributed by atoms with Crippen LogP contribution in [-0.2, 0) is 9.53 Å². The standard InChI is InChI=1S/C23H32N4O3/c28-21(24-8-3-9-27-10-12-30-13-11-27)19-14-17-7-6-16(19)15-23(17)25-20-5-2-1-4-18(20)22(29)26-23/h1-2,4-5,16-17,19,25H,3,6-15H2,(H,24,28)(H,26,29)/t16?,17?,19?,23-/m1/s1. The quantitative estimate of drug-likeness (QED) is 0.643. The third-order valence-corrected chi connectivity index (χ3v) is 7.53. The van der Waals surface area contributed by atoms with E-state index in [0.717, 1.165) is 77.2 Å². The summed E-state index contributed by atoms with van der Waals surface area (Å²) in [7, 11) is 0. The summed E-state index contributed by atoms with van der Waals surface area (Å²) in [4.78, 5) is 28.0. The van der Waals surface area contributed by atoms with Crippen LogP contribution in [0.15, 0.2) is 24.3 Å². The molecule has 1 spiro atoms. The molecule has 0 radical (unpaired) electrons. The summed E-state index contributed by atoms with van der Waals surface area (Å²) in [5.74, 6) is 0.856. The number of rotatable bonds is 5. The highest BCUT2D eigenvalue weighted by Crippen LogP contribution is 2.51. The lowest BCUT2D eigenvalue weighted by Crippen LogP contribution is -2.68. The first-order valence-corrected chi connectivity index (χ1v) is 11.4. The predicted molar refractivity (Wildman–Crippen MR) is 114 cm³/mol. The SMILES string of the molecule is O=C1N[C@@]2(CC3CCC2CC3C(=O)NCCCN2CCOCC2)Nc2ccccc21. The Bertz CT molecular complexity index is 809. The van der Waals surface area contributed by atoms with E-state index in [1.54, 1.807) is 0 Å². The number of nitrogens with one attached hydrogen (secondary N) is 3. The molecule has 2 heterocycles. The summed E-state index contributed by atoms with van der Waals surface area (Å²) < 4.78 is 5.38. The number of fused-ring (bicyclic) bond motifs is 3. The Morgan fingerprint density at radius 3 is 2.83 bits per heavy atom. The predicted octanol–water partition coefficient (Wildman–Crippen LogP) is 1.81. The third-order valence-electron chi connectivity index (χ3n) is 7.53. The van der Waals surface area contributed by atoms with E-state index in [1.807, 2.05) is 24.3 Å². The lowest BCUT2D eigenvalue weighted by Gasteiger charge is -2.56. The molecule has 162 valence electrons. The summed E-state index contributed by atoms with van der Waals surface area (Å²) in [6.45, 7) is 5.35. The molecule has 1 saturated heterocycles. The molecule has 1 aromatic carbocycles. The molecule has 3 unspecified atom stereocenters. The molecule has 2 amide bonds. The minimum atomic E-state index is -0.401. The Morgan fingerprint density at radius 1 is 1.20 bits per heavy atom. The van der Waals surface area contributed by atoms with Crippen LogP contribution >= 0.6 is 0 Å². The molecule has 4 atom stereocenters. The summed E-state index contributed by atoms with van der Waals surface area (Å²) >= 11 is 0. The van der Waals surface area contributed by atoms with E-state index in [1.165, 1.54) is 0 Å². The maximum atomic E-state index is 12.9. The highest BCUT2D eigenvalue weighted by atomic mass is 16.5. The third kappa shape index (κ3) is 3.69. The van der Waals surface area contributed by atoms with Crippen molar-refractivity contribution in [1.29, 1.82) is 0 Å². The Hall–Kier alpha value is -2.12. The molecule has 3 aliphatic carbocycles. The summed E-state index contributed by atoms with van der Waals surface area (Å²) in [5, 5.41) is 10.1. The zero-order valence-corrected chi connectivity index (χ0v) is 17.5. The fourth-order valence-corrected chi connectivity index (χ4v) is 5.93. The van der Waals surface area contributed by atoms with Crippen molar-refractivity contribution in [2.24, 2.45) is 17.8 Å². The van der Waals surface area contributed by atoms with Gasteiger partial charge in [0.05, 0.1) is 18.8 Å². The zero-order chi connectivity index (χ0) is 20.6. The number of carbonyl (C=O) groups is 2. The van der Waals surface area contributed by atoms with Gasteiger partial charge in [0.15, 0.2) is 0 Å². The van der Waals surface area contributed by atoms with Crippen LogP contribution < -0.4 is 16.0 Å². The highest BCUT2D eigenvalue weighted by Gasteiger charge is 2.55. The Kier molecular flexibility index (Phi) is 5.41. The van der Waals surface area contributed by atoms with E-state index in [4.69, 9.17) is 4.74 Å². The van der Waals surface area contributed by atoms with Gasteiger partial charge in [-0.15, -0.1) is 0 Å². The van der Waals surface area contributed by atoms with Gasteiger partial charge >= 0.3 is 0 Å². The first-order chi connectivity index (χ1) is 14.6. The lowest BCUT2D eigenvalue weighted by molar-refractivity contribution is -0.132. The molecule has 7 heteroatoms. The molecular formula is C23H32N4O3. The Balaban J connectivity index is 1.17. The molecule has 2 aliphatic heterocycles. The summed E-state index contributed by atoms with van der Waals surface area (Å²) in [6, 6.07) is 7.70. The molecule has 2 bridgehead atoms. The average Bonchev–Trinajstić information content (AvgIpc) is 2.77. The van der Waals surface area contributed by atoms with E-state index in [2.05, 4.69) is 20.9 Å². The second-order valence-electron chi connectivity index (χ2n) is 9.28. The van der Waals surface area contributed by atoms with Crippen LogP contribution in [0.2, 0.25) is 0 Å². The van der Waals surface area contributed by atoms with Gasteiger partial charge in [0.1, 0.15) is 5.66 Å². The molecular weight excluding hydrogens is 380 g/mol. The van der Waals surface area contributed by atoms with Gasteiger partial charge in [-0.2, -0.15) is 0 Å². The van der Waals surface area contributed by atoms with E-state index >= 15 is 0 Å². The molecule has 3 saturated carbocycles. The van der Waals surface area contributed by atoms with Crippen molar-refractivity contribution in [1.82, 2.24) is 15.5 Å². The molecule has 30 heavy (non-hydrogen) atoms. The maximum Gasteiger partial charge on any atom is 0.255 e. The normalized spacial score (nSPS) is 32.9. The van der Waals surface area contributed by atoms with Crippen molar-refractivity contribution >= 4 is 17.5 Å². The van der Waals surface area contributed by atoms with E-state index < -0.39 is 5.66 Å². The van der Waals surface area contributed by atoms with Crippen LogP contribution in [0.3, 0.4) is 0 Å². The van der Waals surface area contributed by atoms with Crippen LogP contribution in [0.4, 0.5) is 5.69 Å². The zero-order valence-electron chi connectivity index (χ0n) is 17.5. The molecule has 0 aromatic heterocycles. The van der Waals surface area contributed by atoms with Gasteiger partial charge in [0, 0.05) is 37.2 Å². The van der Waals surface area contributed by atoms with E-state index in [-0.39, 0.29) is 23.7 Å². The minimum absolute atomic E-state index is 0.000939. The van der Waals surface area contributed by atoms with Crippen molar-refractivity contribution < 1.29 is 14.3 Å². The van der Waals surface area contributed by atoms with Crippen LogP contribution in [0, 0.1) is 17.8 Å². The Labute approximate surface area is 177 Å². The number of hydrogen-bond acceptors (Lipinski definition) is 5. The van der Waals surface area contributed by atoms with Crippen LogP contribution in [0.25, 0.3) is 0 Å². The summed E-state index contributed by atoms with van der Waals surface area (Å²) in [5.41, 5.74) is 1.22. The van der Waals surface area contributed by atoms with Gasteiger partial charge in [0.2, 0.25) is 5.91 Å². The maximum absolute atomic E-state index is 12.9. The fraction of sp³-hybridized carbons (Fsp3) is 0.652. The van der Waals surface area contributed by atoms with Crippen molar-refractivity contribution in [3.8, 4) is 0 Å². The summed E-state index contributed by atoms with van der Waals surface area (Å²) in [6.07, 6.45) is 4.77. The second kappa shape index (κ2) is 8.19. The number of benzene rings is 1. The monoisotopic (exact) mass is 412 g/mol. The first-order valence-electron chi connectivity index (χ1n) is 11.4. The average molecular weight is 413 g/mol. The second-order valence-corrected chi connectivity index (χ2v) is 9.28. The first kappa shape index (κ1) is 19.8. The highest BCUT2D eigenvalue weighted by molar-refractivity contribution is 6.02. The molecule has 5 aliphatic rings. The molecule has 4 fully saturated rings. The van der Waals surface area contributed by atoms with Gasteiger partial charge in [-0.3, -0.25) is 14.5 Å². The van der Waals surface area contributed by atoms with Crippen LogP contribution in [0.5, 0.6) is 0 Å². The Morgan fingerprint density at radius 2 is 2.03 bits per heavy atom. The van der Waals surface area contributed by atoms with Gasteiger partial charge in [0.25, 0.3) is 5.91 Å². The van der Waals surface area contributed by atoms with Crippen molar-refractivity contribution in [2.75, 3.05) is 44.7 Å². The van der Waals surface area contributed by atoms with Crippen molar-refractivity contribution in [3.63, 3.8) is 0 Å². The topological polar surface area (TPSA) is 82.7 Å². The van der Waals surface area contributed by atoms with Gasteiger partial charge in [-0.05, 0) is 56.7 Å². The molecule has 3 N–H and O–H groups in total. The minimum Gasteiger partial charge on any atom is -0.379 e. The lowest BCUT2D eigenvalue weighted by atomic mass is 9.58. The van der Waals surface area contributed by atoms with Gasteiger partial charge in [-0.1, -0.05) is 12.1 Å². The number of morpholine rings is 1. The molecule has 6 rings (SSSR count). The smallest absolute Gasteiger partial charge is 0.255 e. The fourth-order valence-electron chi connectivity index (χ4n) is 5.93. The van der Waals surface area contributed by atoms with Crippen molar-refractivity contribution in [2.45, 2.75) is 37.8 Å². The number of amides is 2. The number of para-hydroxylation sites is 1. The number of hydrogen-bond donors (Lipinski definition) is 3. The number of nitrogens with zero attached hydrogens (tertiary/aromatic N) is 1. The largest absolute Gasteiger partial charge is 0.379 e. The van der Waals surface area contributed by atoms with Gasteiger partial charge in [-0.25, -0.2) is 0 Å². The van der Waals surface area contributed by atoms with Crippen molar-refractivity contribution in [3.05, 3.63) is 29.8 Å². The van der Waals surface area contributed by atoms with Crippen LogP contribution in [0.1, 0.15) is 42.5 Å². The molecule has 7 nitrogen and oxygen atoms in total. The number of anilines is 1. The van der Waals surface area contributed by atoms with Crippen LogP contribution in [-0.4, -0.2) is 61.8 Å². The van der Waals surface area contributed by atoms with E-state index in [9.17, 15) is 9.59 Å². The van der Waals surface area contributed by atoms with Gasteiger partial charge < -0.3 is 20.7 Å². The van der Waals surface area contributed by atoms with E-state index in [0.29, 0.717) is 11.5 Å². The molecule has 1 aromatic rings. The number of ether oxygens (including phenoxy) is 1. The number of carbonyl (C=O) groups excluding carboxylic acids is 2.